The molecule has 176 valence electrons. The van der Waals surface area contributed by atoms with Crippen LogP contribution in [0.1, 0.15) is 22.3 Å². The van der Waals surface area contributed by atoms with Gasteiger partial charge in [0, 0.05) is 4.47 Å². The fraction of sp³-hybridized carbons (Fsp3) is 0.115. The second kappa shape index (κ2) is 10.8. The predicted octanol–water partition coefficient (Wildman–Crippen LogP) is 6.28. The van der Waals surface area contributed by atoms with Gasteiger partial charge in [0.2, 0.25) is 0 Å². The van der Waals surface area contributed by atoms with E-state index in [0.717, 1.165) is 16.7 Å². The van der Waals surface area contributed by atoms with Crippen molar-refractivity contribution in [2.45, 2.75) is 13.2 Å². The molecule has 3 aromatic carbocycles. The molecule has 0 N–H and O–H groups in total. The topological polar surface area (TPSA) is 79.6 Å². The maximum atomic E-state index is 13.4. The number of halogens is 2. The van der Waals surface area contributed by atoms with Gasteiger partial charge in [-0.25, -0.2) is 4.39 Å². The number of imide groups is 1. The predicted molar refractivity (Wildman–Crippen MR) is 134 cm³/mol. The van der Waals surface area contributed by atoms with Gasteiger partial charge in [0.25, 0.3) is 11.1 Å². The molecule has 2 amide bonds. The van der Waals surface area contributed by atoms with Crippen LogP contribution < -0.4 is 9.47 Å². The first kappa shape index (κ1) is 24.5. The number of carbonyl (C=O) groups excluding carboxylic acids is 2. The minimum Gasteiger partial charge on any atom is -0.493 e. The molecule has 3 aromatic rings. The summed E-state index contributed by atoms with van der Waals surface area (Å²) in [6, 6.07) is 18.4. The number of ether oxygens (including phenoxy) is 2. The van der Waals surface area contributed by atoms with Crippen molar-refractivity contribution in [1.29, 1.82) is 5.26 Å². The van der Waals surface area contributed by atoms with Crippen LogP contribution in [-0.4, -0.2) is 23.2 Å². The molecule has 4 rings (SSSR count). The van der Waals surface area contributed by atoms with E-state index in [9.17, 15) is 19.2 Å². The first-order valence-corrected chi connectivity index (χ1v) is 12.0. The molecule has 1 saturated heterocycles. The number of nitrogens with zero attached hydrogens (tertiary/aromatic N) is 2. The summed E-state index contributed by atoms with van der Waals surface area (Å²) in [7, 11) is 1.49. The second-order valence-electron chi connectivity index (χ2n) is 7.48. The van der Waals surface area contributed by atoms with Gasteiger partial charge in [0.05, 0.1) is 30.2 Å². The van der Waals surface area contributed by atoms with E-state index < -0.39 is 11.1 Å². The van der Waals surface area contributed by atoms with Crippen molar-refractivity contribution in [3.63, 3.8) is 0 Å². The average Bonchev–Trinajstić information content (AvgIpc) is 3.11. The first-order chi connectivity index (χ1) is 16.9. The number of carbonyl (C=O) groups is 2. The van der Waals surface area contributed by atoms with E-state index in [0.29, 0.717) is 38.2 Å². The minimum atomic E-state index is -0.440. The molecule has 0 saturated carbocycles. The van der Waals surface area contributed by atoms with Crippen LogP contribution in [0.25, 0.3) is 6.08 Å². The Bertz CT molecular complexity index is 1390. The highest BCUT2D eigenvalue weighted by atomic mass is 79.9. The smallest absolute Gasteiger partial charge is 0.293 e. The maximum Gasteiger partial charge on any atom is 0.293 e. The molecular weight excluding hydrogens is 535 g/mol. The highest BCUT2D eigenvalue weighted by Crippen LogP contribution is 2.38. The normalized spacial score (nSPS) is 14.3. The summed E-state index contributed by atoms with van der Waals surface area (Å²) in [5.74, 6) is 0.0599. The van der Waals surface area contributed by atoms with Crippen LogP contribution in [0.3, 0.4) is 0 Å². The summed E-state index contributed by atoms with van der Waals surface area (Å²) in [4.78, 5) is 26.9. The highest BCUT2D eigenvalue weighted by Gasteiger charge is 2.35. The number of hydrogen-bond acceptors (Lipinski definition) is 6. The molecule has 0 unspecified atom stereocenters. The Hall–Kier alpha value is -3.61. The third kappa shape index (κ3) is 5.56. The quantitative estimate of drug-likeness (QED) is 0.321. The molecule has 0 aromatic heterocycles. The molecule has 6 nitrogen and oxygen atoms in total. The van der Waals surface area contributed by atoms with Gasteiger partial charge in [0.15, 0.2) is 11.5 Å². The van der Waals surface area contributed by atoms with Crippen molar-refractivity contribution in [2.75, 3.05) is 7.11 Å². The molecule has 1 heterocycles. The van der Waals surface area contributed by atoms with Gasteiger partial charge in [0.1, 0.15) is 12.4 Å². The number of methoxy groups -OCH3 is 1. The lowest BCUT2D eigenvalue weighted by Crippen LogP contribution is -2.27. The zero-order valence-corrected chi connectivity index (χ0v) is 20.9. The van der Waals surface area contributed by atoms with Crippen molar-refractivity contribution >= 4 is 44.9 Å². The molecule has 9 heteroatoms. The molecule has 0 bridgehead atoms. The molecule has 1 aliphatic rings. The molecule has 0 radical (unpaired) electrons. The Morgan fingerprint density at radius 3 is 2.66 bits per heavy atom. The van der Waals surface area contributed by atoms with Crippen LogP contribution in [0.4, 0.5) is 9.18 Å². The standard InChI is InChI=1S/C26H18BrFN2O4S/c1-33-22-10-19(21(27)12-23(22)34-15-16-5-4-8-20(28)9-16)11-24-25(31)30(26(32)35-24)14-18-7-3-2-6-17(18)13-29/h2-12H,14-15H2,1H3/b24-11+. The lowest BCUT2D eigenvalue weighted by molar-refractivity contribution is -0.123. The molecule has 0 atom stereocenters. The van der Waals surface area contributed by atoms with Crippen LogP contribution in [0.5, 0.6) is 11.5 Å². The van der Waals surface area contributed by atoms with Crippen molar-refractivity contribution in [3.8, 4) is 17.6 Å². The summed E-state index contributed by atoms with van der Waals surface area (Å²) in [5.41, 5.74) is 2.29. The number of rotatable bonds is 7. The summed E-state index contributed by atoms with van der Waals surface area (Å²) in [6.45, 7) is 0.159. The molecule has 1 aliphatic heterocycles. The molecule has 0 spiro atoms. The third-order valence-electron chi connectivity index (χ3n) is 5.19. The fourth-order valence-electron chi connectivity index (χ4n) is 3.44. The van der Waals surface area contributed by atoms with Crippen molar-refractivity contribution < 1.29 is 23.5 Å². The van der Waals surface area contributed by atoms with Crippen LogP contribution in [0.2, 0.25) is 0 Å². The number of nitriles is 1. The number of benzene rings is 3. The molecular formula is C26H18BrFN2O4S. The Kier molecular flexibility index (Phi) is 7.54. The Balaban J connectivity index is 1.55. The second-order valence-corrected chi connectivity index (χ2v) is 9.33. The Morgan fingerprint density at radius 1 is 1.11 bits per heavy atom. The van der Waals surface area contributed by atoms with Gasteiger partial charge in [-0.3, -0.25) is 14.5 Å². The van der Waals surface area contributed by atoms with Gasteiger partial charge in [-0.2, -0.15) is 5.26 Å². The summed E-state index contributed by atoms with van der Waals surface area (Å²) >= 11 is 4.31. The SMILES string of the molecule is COc1cc(/C=C2/SC(=O)N(Cc3ccccc3C#N)C2=O)c(Br)cc1OCc1cccc(F)c1. The van der Waals surface area contributed by atoms with Crippen LogP contribution >= 0.6 is 27.7 Å². The summed E-state index contributed by atoms with van der Waals surface area (Å²) < 4.78 is 25.3. The van der Waals surface area contributed by atoms with E-state index >= 15 is 0 Å². The number of thioether (sulfide) groups is 1. The summed E-state index contributed by atoms with van der Waals surface area (Å²) in [5, 5.41) is 8.88. The highest BCUT2D eigenvalue weighted by molar-refractivity contribution is 9.10. The zero-order chi connectivity index (χ0) is 24.9. The van der Waals surface area contributed by atoms with E-state index in [1.165, 1.54) is 19.2 Å². The van der Waals surface area contributed by atoms with Gasteiger partial charge < -0.3 is 9.47 Å². The van der Waals surface area contributed by atoms with Crippen molar-refractivity contribution in [2.24, 2.45) is 0 Å². The molecule has 35 heavy (non-hydrogen) atoms. The molecule has 1 fully saturated rings. The lowest BCUT2D eigenvalue weighted by atomic mass is 10.1. The van der Waals surface area contributed by atoms with Gasteiger partial charge in [-0.05, 0) is 64.9 Å². The van der Waals surface area contributed by atoms with Crippen molar-refractivity contribution in [1.82, 2.24) is 4.90 Å². The fourth-order valence-corrected chi connectivity index (χ4v) is 4.70. The van der Waals surface area contributed by atoms with Crippen molar-refractivity contribution in [3.05, 3.63) is 98.1 Å². The van der Waals surface area contributed by atoms with E-state index in [4.69, 9.17) is 9.47 Å². The Morgan fingerprint density at radius 2 is 1.91 bits per heavy atom. The lowest BCUT2D eigenvalue weighted by Gasteiger charge is -2.14. The van der Waals surface area contributed by atoms with E-state index in [1.807, 2.05) is 0 Å². The van der Waals surface area contributed by atoms with Crippen LogP contribution in [0.15, 0.2) is 70.0 Å². The number of amides is 2. The maximum absolute atomic E-state index is 13.4. The van der Waals surface area contributed by atoms with E-state index in [-0.39, 0.29) is 23.9 Å². The Labute approximate surface area is 214 Å². The van der Waals surface area contributed by atoms with Crippen LogP contribution in [-0.2, 0) is 17.9 Å². The van der Waals surface area contributed by atoms with E-state index in [1.54, 1.807) is 54.6 Å². The van der Waals surface area contributed by atoms with Gasteiger partial charge in [-0.1, -0.05) is 46.3 Å². The zero-order valence-electron chi connectivity index (χ0n) is 18.5. The average molecular weight is 553 g/mol. The third-order valence-corrected chi connectivity index (χ3v) is 6.79. The number of hydrogen-bond donors (Lipinski definition) is 0. The largest absolute Gasteiger partial charge is 0.493 e. The molecule has 0 aliphatic carbocycles. The van der Waals surface area contributed by atoms with Crippen LogP contribution in [0, 0.1) is 17.1 Å². The van der Waals surface area contributed by atoms with E-state index in [2.05, 4.69) is 22.0 Å². The monoisotopic (exact) mass is 552 g/mol. The minimum absolute atomic E-state index is 0.0170. The van der Waals surface area contributed by atoms with Gasteiger partial charge >= 0.3 is 0 Å². The summed E-state index contributed by atoms with van der Waals surface area (Å²) in [6.07, 6.45) is 1.60. The first-order valence-electron chi connectivity index (χ1n) is 10.4. The van der Waals surface area contributed by atoms with Gasteiger partial charge in [-0.15, -0.1) is 0 Å².